The highest BCUT2D eigenvalue weighted by atomic mass is 127. The molecule has 88 valence electrons. The Labute approximate surface area is 114 Å². The number of hydrogen-bond acceptors (Lipinski definition) is 4. The smallest absolute Gasteiger partial charge is 0.227 e. The monoisotopic (exact) mass is 341 g/mol. The zero-order valence-electron chi connectivity index (χ0n) is 9.35. The molecule has 1 N–H and O–H groups in total. The summed E-state index contributed by atoms with van der Waals surface area (Å²) in [5.74, 6) is 1.37. The van der Waals surface area contributed by atoms with E-state index < -0.39 is 0 Å². The van der Waals surface area contributed by atoms with Gasteiger partial charge in [-0.05, 0) is 41.6 Å². The number of hydrogen-bond donors (Lipinski definition) is 1. The highest BCUT2D eigenvalue weighted by Crippen LogP contribution is 2.25. The van der Waals surface area contributed by atoms with Crippen LogP contribution in [0.25, 0.3) is 0 Å². The quantitative estimate of drug-likeness (QED) is 0.868. The molecule has 5 heteroatoms. The first kappa shape index (κ1) is 12.1. The lowest BCUT2D eigenvalue weighted by molar-refractivity contribution is 0.342. The molecule has 0 unspecified atom stereocenters. The van der Waals surface area contributed by atoms with Gasteiger partial charge in [0.15, 0.2) is 0 Å². The van der Waals surface area contributed by atoms with Gasteiger partial charge in [-0.2, -0.15) is 0 Å². The van der Waals surface area contributed by atoms with Gasteiger partial charge in [-0.15, -0.1) is 0 Å². The van der Waals surface area contributed by atoms with E-state index in [-0.39, 0.29) is 0 Å². The first-order valence-corrected chi connectivity index (χ1v) is 6.34. The third-order valence-corrected chi connectivity index (χ3v) is 2.61. The van der Waals surface area contributed by atoms with E-state index >= 15 is 0 Å². The van der Waals surface area contributed by atoms with Crippen molar-refractivity contribution < 1.29 is 4.74 Å². The first-order valence-electron chi connectivity index (χ1n) is 5.26. The van der Waals surface area contributed by atoms with Gasteiger partial charge in [-0.1, -0.05) is 12.1 Å². The lowest BCUT2D eigenvalue weighted by atomic mass is 10.3. The first-order chi connectivity index (χ1) is 8.29. The second kappa shape index (κ2) is 5.81. The van der Waals surface area contributed by atoms with Crippen molar-refractivity contribution in [2.24, 2.45) is 0 Å². The molecule has 0 aliphatic carbocycles. The highest BCUT2D eigenvalue weighted by molar-refractivity contribution is 14.1. The Kier molecular flexibility index (Phi) is 4.13. The van der Waals surface area contributed by atoms with Crippen LogP contribution in [0.4, 0.5) is 11.6 Å². The summed E-state index contributed by atoms with van der Waals surface area (Å²) in [6, 6.07) is 7.73. The van der Waals surface area contributed by atoms with E-state index in [1.807, 2.05) is 31.2 Å². The second-order valence-electron chi connectivity index (χ2n) is 3.28. The van der Waals surface area contributed by atoms with Gasteiger partial charge in [-0.3, -0.25) is 0 Å². The standard InChI is InChI=1S/C12H12IN3O/c1-2-17-11-6-4-3-5-10(11)16-12-14-7-9(13)8-15-12/h3-8H,2H2,1H3,(H,14,15,16). The lowest BCUT2D eigenvalue weighted by Gasteiger charge is -2.10. The molecular weight excluding hydrogens is 329 g/mol. The predicted molar refractivity (Wildman–Crippen MR) is 75.6 cm³/mol. The van der Waals surface area contributed by atoms with E-state index in [4.69, 9.17) is 4.74 Å². The summed E-state index contributed by atoms with van der Waals surface area (Å²) in [5.41, 5.74) is 0.871. The van der Waals surface area contributed by atoms with Crippen LogP contribution in [0.5, 0.6) is 5.75 Å². The normalized spacial score (nSPS) is 10.0. The van der Waals surface area contributed by atoms with E-state index in [9.17, 15) is 0 Å². The minimum Gasteiger partial charge on any atom is -0.492 e. The Bertz CT molecular complexity index is 487. The van der Waals surface area contributed by atoms with Crippen molar-refractivity contribution in [3.05, 3.63) is 40.2 Å². The third kappa shape index (κ3) is 3.29. The van der Waals surface area contributed by atoms with Crippen molar-refractivity contribution in [1.29, 1.82) is 0 Å². The molecule has 2 aromatic rings. The molecule has 0 spiro atoms. The maximum absolute atomic E-state index is 5.51. The molecule has 0 saturated carbocycles. The molecule has 2 rings (SSSR count). The van der Waals surface area contributed by atoms with Crippen molar-refractivity contribution >= 4 is 34.2 Å². The van der Waals surface area contributed by atoms with Crippen LogP contribution in [0.15, 0.2) is 36.7 Å². The molecular formula is C12H12IN3O. The number of nitrogens with zero attached hydrogens (tertiary/aromatic N) is 2. The zero-order chi connectivity index (χ0) is 12.1. The van der Waals surface area contributed by atoms with Crippen molar-refractivity contribution in [3.63, 3.8) is 0 Å². The van der Waals surface area contributed by atoms with Crippen LogP contribution in [0, 0.1) is 3.57 Å². The Morgan fingerprint density at radius 3 is 2.65 bits per heavy atom. The Hall–Kier alpha value is -1.37. The molecule has 1 aromatic heterocycles. The molecule has 1 aromatic carbocycles. The summed E-state index contributed by atoms with van der Waals surface area (Å²) in [6.45, 7) is 2.59. The van der Waals surface area contributed by atoms with E-state index in [2.05, 4.69) is 37.9 Å². The summed E-state index contributed by atoms with van der Waals surface area (Å²) in [7, 11) is 0. The summed E-state index contributed by atoms with van der Waals surface area (Å²) in [4.78, 5) is 8.38. The van der Waals surface area contributed by atoms with Gasteiger partial charge in [0.25, 0.3) is 0 Å². The predicted octanol–water partition coefficient (Wildman–Crippen LogP) is 3.22. The average molecular weight is 341 g/mol. The topological polar surface area (TPSA) is 47.0 Å². The highest BCUT2D eigenvalue weighted by Gasteiger charge is 2.03. The lowest BCUT2D eigenvalue weighted by Crippen LogP contribution is -2.00. The third-order valence-electron chi connectivity index (χ3n) is 2.05. The summed E-state index contributed by atoms with van der Waals surface area (Å²) in [6.07, 6.45) is 3.53. The van der Waals surface area contributed by atoms with Crippen LogP contribution in [0.1, 0.15) is 6.92 Å². The number of benzene rings is 1. The molecule has 0 aliphatic heterocycles. The van der Waals surface area contributed by atoms with Crippen molar-refractivity contribution in [3.8, 4) is 5.75 Å². The zero-order valence-corrected chi connectivity index (χ0v) is 11.5. The van der Waals surface area contributed by atoms with Crippen molar-refractivity contribution in [1.82, 2.24) is 9.97 Å². The van der Waals surface area contributed by atoms with Crippen molar-refractivity contribution in [2.45, 2.75) is 6.92 Å². The number of para-hydroxylation sites is 2. The van der Waals surface area contributed by atoms with Gasteiger partial charge in [0.1, 0.15) is 5.75 Å². The Balaban J connectivity index is 2.20. The van der Waals surface area contributed by atoms with Crippen LogP contribution in [-0.2, 0) is 0 Å². The molecule has 17 heavy (non-hydrogen) atoms. The number of ether oxygens (including phenoxy) is 1. The van der Waals surface area contributed by atoms with E-state index in [0.29, 0.717) is 12.6 Å². The van der Waals surface area contributed by atoms with E-state index in [1.54, 1.807) is 12.4 Å². The minimum absolute atomic E-state index is 0.567. The van der Waals surface area contributed by atoms with Crippen LogP contribution >= 0.6 is 22.6 Å². The van der Waals surface area contributed by atoms with Gasteiger partial charge in [0, 0.05) is 16.0 Å². The minimum atomic E-state index is 0.567. The Morgan fingerprint density at radius 2 is 1.94 bits per heavy atom. The van der Waals surface area contributed by atoms with Gasteiger partial charge < -0.3 is 10.1 Å². The number of anilines is 2. The maximum Gasteiger partial charge on any atom is 0.227 e. The van der Waals surface area contributed by atoms with Crippen LogP contribution < -0.4 is 10.1 Å². The van der Waals surface area contributed by atoms with Crippen LogP contribution in [0.2, 0.25) is 0 Å². The number of halogens is 1. The fourth-order valence-electron chi connectivity index (χ4n) is 1.35. The largest absolute Gasteiger partial charge is 0.492 e. The fraction of sp³-hybridized carbons (Fsp3) is 0.167. The van der Waals surface area contributed by atoms with Gasteiger partial charge in [0.2, 0.25) is 5.95 Å². The SMILES string of the molecule is CCOc1ccccc1Nc1ncc(I)cn1. The summed E-state index contributed by atoms with van der Waals surface area (Å²) >= 11 is 2.17. The summed E-state index contributed by atoms with van der Waals surface area (Å²) < 4.78 is 6.52. The number of rotatable bonds is 4. The van der Waals surface area contributed by atoms with Gasteiger partial charge in [0.05, 0.1) is 12.3 Å². The Morgan fingerprint density at radius 1 is 1.24 bits per heavy atom. The second-order valence-corrected chi connectivity index (χ2v) is 4.52. The van der Waals surface area contributed by atoms with Crippen LogP contribution in [0.3, 0.4) is 0 Å². The molecule has 0 fully saturated rings. The average Bonchev–Trinajstić information content (AvgIpc) is 2.35. The van der Waals surface area contributed by atoms with Gasteiger partial charge in [-0.25, -0.2) is 9.97 Å². The van der Waals surface area contributed by atoms with Crippen LogP contribution in [-0.4, -0.2) is 16.6 Å². The van der Waals surface area contributed by atoms with E-state index in [1.165, 1.54) is 0 Å². The van der Waals surface area contributed by atoms with E-state index in [0.717, 1.165) is 15.0 Å². The molecule has 1 heterocycles. The summed E-state index contributed by atoms with van der Waals surface area (Å²) in [5, 5.41) is 3.13. The molecule has 0 atom stereocenters. The molecule has 0 aliphatic rings. The maximum atomic E-state index is 5.51. The molecule has 4 nitrogen and oxygen atoms in total. The number of aromatic nitrogens is 2. The molecule has 0 amide bonds. The molecule has 0 radical (unpaired) electrons. The van der Waals surface area contributed by atoms with Gasteiger partial charge >= 0.3 is 0 Å². The van der Waals surface area contributed by atoms with Crippen molar-refractivity contribution in [2.75, 3.05) is 11.9 Å². The fourth-order valence-corrected chi connectivity index (χ4v) is 1.63. The molecule has 0 bridgehead atoms. The molecule has 0 saturated heterocycles. The number of nitrogens with one attached hydrogen (secondary N) is 1.